The molecule has 7 heteroatoms. The van der Waals surface area contributed by atoms with Gasteiger partial charge in [0.2, 0.25) is 5.91 Å². The van der Waals surface area contributed by atoms with Gasteiger partial charge in [0.1, 0.15) is 6.42 Å². The van der Waals surface area contributed by atoms with Gasteiger partial charge in [0, 0.05) is 24.1 Å². The number of hydrogen-bond donors (Lipinski definition) is 3. The zero-order valence-corrected chi connectivity index (χ0v) is 24.1. The van der Waals surface area contributed by atoms with Gasteiger partial charge < -0.3 is 10.1 Å². The molecule has 0 unspecified atom stereocenters. The normalized spacial score (nSPS) is 9.70. The number of carbonyl (C=O) groups excluding carboxylic acids is 1. The lowest BCUT2D eigenvalue weighted by Gasteiger charge is -2.10. The molecule has 3 N–H and O–H groups in total. The van der Waals surface area contributed by atoms with Crippen LogP contribution in [0.5, 0.6) is 0 Å². The van der Waals surface area contributed by atoms with Gasteiger partial charge in [0.05, 0.1) is 5.69 Å². The first kappa shape index (κ1) is 33.8. The van der Waals surface area contributed by atoms with Crippen LogP contribution >= 0.6 is 11.8 Å². The summed E-state index contributed by atoms with van der Waals surface area (Å²) in [6.45, 7) is 18.0. The molecule has 6 nitrogen and oxygen atoms in total. The molecule has 2 aromatic carbocycles. The van der Waals surface area contributed by atoms with Gasteiger partial charge in [0.25, 0.3) is 0 Å². The summed E-state index contributed by atoms with van der Waals surface area (Å²) in [6.07, 6.45) is 2.65. The second-order valence-electron chi connectivity index (χ2n) is 8.49. The van der Waals surface area contributed by atoms with Crippen molar-refractivity contribution in [1.29, 1.82) is 10.8 Å². The Kier molecular flexibility index (Phi) is 18.2. The van der Waals surface area contributed by atoms with Crippen LogP contribution in [0.25, 0.3) is 11.1 Å². The van der Waals surface area contributed by atoms with Gasteiger partial charge >= 0.3 is 0 Å². The molecule has 0 radical (unpaired) electrons. The molecule has 0 aliphatic rings. The number of carbonyl (C=O) groups is 1. The number of ether oxygens (including phenoxy) is 1. The number of rotatable bonds is 11. The highest BCUT2D eigenvalue weighted by Crippen LogP contribution is 2.34. The zero-order valence-electron chi connectivity index (χ0n) is 23.3. The lowest BCUT2D eigenvalue weighted by atomic mass is 10.1. The standard InChI is InChI=1S/C20H22N4O2S.C8H16.C2H6/c1-23-16-9-8-15(14-6-4-3-5-7-14)12-17(16)27-11-10-18(21)26-19(22)13-20(25)24-2;1-7(2)5-6-8(3)4;1-2/h3-9,12,21-22H,1,10-11,13H2,2H3,(H,24,25);8H,1,5-6H2,2-4H3;1-2H3. The van der Waals surface area contributed by atoms with Crippen molar-refractivity contribution >= 4 is 41.9 Å². The van der Waals surface area contributed by atoms with Gasteiger partial charge in [-0.05, 0) is 55.7 Å². The number of aliphatic imine (C=N–C) groups is 1. The fourth-order valence-electron chi connectivity index (χ4n) is 2.83. The van der Waals surface area contributed by atoms with Crippen LogP contribution in [-0.2, 0) is 9.53 Å². The third-order valence-electron chi connectivity index (χ3n) is 4.82. The van der Waals surface area contributed by atoms with Crippen LogP contribution in [0.2, 0.25) is 0 Å². The molecule has 0 saturated carbocycles. The molecule has 2 aromatic rings. The fraction of sp³-hybridized carbons (Fsp3) is 0.400. The molecule has 2 rings (SSSR count). The Morgan fingerprint density at radius 2 is 1.70 bits per heavy atom. The fourth-order valence-corrected chi connectivity index (χ4v) is 3.83. The van der Waals surface area contributed by atoms with Crippen molar-refractivity contribution in [2.45, 2.75) is 65.2 Å². The molecule has 0 atom stereocenters. The van der Waals surface area contributed by atoms with E-state index in [0.717, 1.165) is 27.6 Å². The Morgan fingerprint density at radius 3 is 2.22 bits per heavy atom. The third-order valence-corrected chi connectivity index (χ3v) is 5.87. The number of nitrogens with zero attached hydrogens (tertiary/aromatic N) is 1. The average Bonchev–Trinajstić information content (AvgIpc) is 2.89. The van der Waals surface area contributed by atoms with Crippen LogP contribution in [0, 0.1) is 16.7 Å². The highest BCUT2D eigenvalue weighted by molar-refractivity contribution is 7.99. The topological polar surface area (TPSA) is 98.4 Å². The molecule has 0 heterocycles. The van der Waals surface area contributed by atoms with Crippen molar-refractivity contribution in [3.63, 3.8) is 0 Å². The van der Waals surface area contributed by atoms with Gasteiger partial charge in [-0.25, -0.2) is 0 Å². The van der Waals surface area contributed by atoms with E-state index in [9.17, 15) is 4.79 Å². The van der Waals surface area contributed by atoms with E-state index in [2.05, 4.69) is 50.4 Å². The van der Waals surface area contributed by atoms with Crippen LogP contribution in [-0.4, -0.2) is 37.2 Å². The second-order valence-corrected chi connectivity index (χ2v) is 9.63. The summed E-state index contributed by atoms with van der Waals surface area (Å²) in [5.74, 6) is 0.827. The van der Waals surface area contributed by atoms with Crippen LogP contribution in [0.3, 0.4) is 0 Å². The summed E-state index contributed by atoms with van der Waals surface area (Å²) in [6, 6.07) is 16.1. The summed E-state index contributed by atoms with van der Waals surface area (Å²) in [7, 11) is 1.49. The monoisotopic (exact) mass is 524 g/mol. The van der Waals surface area contributed by atoms with Gasteiger partial charge in [-0.3, -0.25) is 20.6 Å². The van der Waals surface area contributed by atoms with Crippen molar-refractivity contribution in [1.82, 2.24) is 5.32 Å². The number of nitrogens with one attached hydrogen (secondary N) is 3. The predicted octanol–water partition coefficient (Wildman–Crippen LogP) is 8.30. The van der Waals surface area contributed by atoms with E-state index in [1.165, 1.54) is 25.5 Å². The molecule has 0 bridgehead atoms. The number of hydrogen-bond acceptors (Lipinski definition) is 6. The van der Waals surface area contributed by atoms with Crippen molar-refractivity contribution in [3.05, 3.63) is 60.7 Å². The summed E-state index contributed by atoms with van der Waals surface area (Å²) >= 11 is 1.55. The summed E-state index contributed by atoms with van der Waals surface area (Å²) < 4.78 is 5.07. The first-order valence-corrected chi connectivity index (χ1v) is 13.6. The molecule has 0 aromatic heterocycles. The van der Waals surface area contributed by atoms with E-state index < -0.39 is 0 Å². The van der Waals surface area contributed by atoms with Crippen LogP contribution in [0.4, 0.5) is 5.69 Å². The molecule has 1 amide bonds. The molecule has 0 spiro atoms. The van der Waals surface area contributed by atoms with Gasteiger partial charge in [-0.2, -0.15) is 0 Å². The van der Waals surface area contributed by atoms with Crippen LogP contribution < -0.4 is 5.32 Å². The average molecular weight is 525 g/mol. The zero-order chi connectivity index (χ0) is 28.2. The lowest BCUT2D eigenvalue weighted by molar-refractivity contribution is -0.119. The number of allylic oxidation sites excluding steroid dienone is 1. The SMILES string of the molecule is C=C(C)CCC(C)C.C=Nc1ccc(-c2ccccc2)cc1SCCC(=N)OC(=N)CC(=O)NC.CC. The van der Waals surface area contributed by atoms with E-state index in [1.54, 1.807) is 11.8 Å². The highest BCUT2D eigenvalue weighted by Gasteiger charge is 2.10. The minimum absolute atomic E-state index is 0.0382. The molecular formula is C30H44N4O2S. The first-order chi connectivity index (χ1) is 17.7. The maximum absolute atomic E-state index is 11.2. The van der Waals surface area contributed by atoms with Gasteiger partial charge in [0.15, 0.2) is 11.8 Å². The minimum atomic E-state index is -0.318. The Bertz CT molecular complexity index is 1000. The van der Waals surface area contributed by atoms with Crippen LogP contribution in [0.15, 0.2) is 70.6 Å². The maximum Gasteiger partial charge on any atom is 0.229 e. The predicted molar refractivity (Wildman–Crippen MR) is 162 cm³/mol. The first-order valence-electron chi connectivity index (χ1n) is 12.6. The Morgan fingerprint density at radius 1 is 1.05 bits per heavy atom. The van der Waals surface area contributed by atoms with E-state index in [1.807, 2.05) is 56.3 Å². The second kappa shape index (κ2) is 19.9. The van der Waals surface area contributed by atoms with Crippen molar-refractivity contribution in [2.75, 3.05) is 12.8 Å². The molecule has 0 fully saturated rings. The van der Waals surface area contributed by atoms with E-state index in [4.69, 9.17) is 15.6 Å². The Labute approximate surface area is 228 Å². The minimum Gasteiger partial charge on any atom is -0.429 e. The highest BCUT2D eigenvalue weighted by atomic mass is 32.2. The summed E-state index contributed by atoms with van der Waals surface area (Å²) in [5, 5.41) is 17.8. The van der Waals surface area contributed by atoms with Crippen molar-refractivity contribution in [3.8, 4) is 11.1 Å². The Balaban J connectivity index is 0.00000111. The number of amides is 1. The van der Waals surface area contributed by atoms with E-state index >= 15 is 0 Å². The van der Waals surface area contributed by atoms with Crippen LogP contribution in [0.1, 0.15) is 60.3 Å². The molecular weight excluding hydrogens is 480 g/mol. The largest absolute Gasteiger partial charge is 0.429 e. The Hall–Kier alpha value is -3.19. The number of benzene rings is 2. The van der Waals surface area contributed by atoms with E-state index in [0.29, 0.717) is 12.2 Å². The maximum atomic E-state index is 11.2. The smallest absolute Gasteiger partial charge is 0.229 e. The molecule has 37 heavy (non-hydrogen) atoms. The van der Waals surface area contributed by atoms with Gasteiger partial charge in [-0.15, -0.1) is 18.3 Å². The molecule has 0 aliphatic heterocycles. The van der Waals surface area contributed by atoms with Crippen molar-refractivity contribution in [2.24, 2.45) is 10.9 Å². The van der Waals surface area contributed by atoms with Crippen molar-refractivity contribution < 1.29 is 9.53 Å². The molecule has 0 saturated heterocycles. The number of thioether (sulfide) groups is 1. The summed E-state index contributed by atoms with van der Waals surface area (Å²) in [5.41, 5.74) is 4.30. The van der Waals surface area contributed by atoms with E-state index in [-0.39, 0.29) is 24.1 Å². The summed E-state index contributed by atoms with van der Waals surface area (Å²) in [4.78, 5) is 16.2. The molecule has 202 valence electrons. The quantitative estimate of drug-likeness (QED) is 0.119. The third kappa shape index (κ3) is 15.5. The molecule has 0 aliphatic carbocycles. The lowest BCUT2D eigenvalue weighted by Crippen LogP contribution is -2.23. The van der Waals surface area contributed by atoms with Gasteiger partial charge in [-0.1, -0.05) is 69.7 Å².